The highest BCUT2D eigenvalue weighted by Crippen LogP contribution is 2.35. The number of alkyl halides is 3. The van der Waals surface area contributed by atoms with Crippen molar-refractivity contribution in [2.45, 2.75) is 38.7 Å². The van der Waals surface area contributed by atoms with Gasteiger partial charge >= 0.3 is 12.2 Å². The Hall–Kier alpha value is -3.51. The van der Waals surface area contributed by atoms with Crippen molar-refractivity contribution in [2.75, 3.05) is 37.4 Å². The second-order valence-corrected chi connectivity index (χ2v) is 11.7. The number of amides is 3. The number of nitrogens with zero attached hydrogens (tertiary/aromatic N) is 2. The number of ether oxygens (including phenoxy) is 1. The monoisotopic (exact) mass is 652 g/mol. The summed E-state index contributed by atoms with van der Waals surface area (Å²) in [5.41, 5.74) is 0.633. The van der Waals surface area contributed by atoms with Crippen LogP contribution in [0.4, 0.5) is 29.3 Å². The predicted molar refractivity (Wildman–Crippen MR) is 164 cm³/mol. The third-order valence-corrected chi connectivity index (χ3v) is 8.08. The lowest BCUT2D eigenvalue weighted by Crippen LogP contribution is -2.49. The molecule has 8 nitrogen and oxygen atoms in total. The fourth-order valence-corrected chi connectivity index (χ4v) is 5.23. The van der Waals surface area contributed by atoms with Crippen LogP contribution in [0, 0.1) is 5.92 Å². The molecule has 0 bridgehead atoms. The fourth-order valence-electron chi connectivity index (χ4n) is 4.91. The van der Waals surface area contributed by atoms with E-state index in [1.807, 2.05) is 24.9 Å². The van der Waals surface area contributed by atoms with Crippen LogP contribution >= 0.6 is 23.2 Å². The fraction of sp³-hybridized carbons (Fsp3) is 0.355. The molecule has 3 atom stereocenters. The molecule has 1 aliphatic heterocycles. The van der Waals surface area contributed by atoms with Crippen LogP contribution in [0.1, 0.15) is 35.3 Å². The van der Waals surface area contributed by atoms with Crippen LogP contribution in [0.15, 0.2) is 60.7 Å². The highest BCUT2D eigenvalue weighted by atomic mass is 35.5. The summed E-state index contributed by atoms with van der Waals surface area (Å²) < 4.78 is 45.3. The number of hydrogen-bond acceptors (Lipinski definition) is 5. The molecule has 0 unspecified atom stereocenters. The van der Waals surface area contributed by atoms with Gasteiger partial charge in [0.05, 0.1) is 39.5 Å². The quantitative estimate of drug-likeness (QED) is 0.243. The van der Waals surface area contributed by atoms with E-state index in [4.69, 9.17) is 27.9 Å². The molecule has 0 aromatic heterocycles. The van der Waals surface area contributed by atoms with Gasteiger partial charge in [0, 0.05) is 31.2 Å². The number of hydrogen-bond donors (Lipinski definition) is 3. The summed E-state index contributed by atoms with van der Waals surface area (Å²) in [7, 11) is 1.92. The first-order valence-corrected chi connectivity index (χ1v) is 14.6. The molecule has 3 amide bonds. The Bertz CT molecular complexity index is 1490. The van der Waals surface area contributed by atoms with E-state index in [1.54, 1.807) is 42.2 Å². The van der Waals surface area contributed by atoms with Gasteiger partial charge < -0.3 is 25.4 Å². The van der Waals surface area contributed by atoms with E-state index in [2.05, 4.69) is 10.6 Å². The van der Waals surface area contributed by atoms with Crippen LogP contribution in [-0.4, -0.2) is 65.7 Å². The minimum absolute atomic E-state index is 0.143. The zero-order chi connectivity index (χ0) is 32.2. The summed E-state index contributed by atoms with van der Waals surface area (Å²) in [5, 5.41) is 16.0. The van der Waals surface area contributed by atoms with Gasteiger partial charge in [0.1, 0.15) is 6.10 Å². The Kier molecular flexibility index (Phi) is 10.7. The largest absolute Gasteiger partial charge is 0.486 e. The van der Waals surface area contributed by atoms with Crippen LogP contribution in [0.25, 0.3) is 0 Å². The smallest absolute Gasteiger partial charge is 0.416 e. The number of urea groups is 1. The molecule has 3 N–H and O–H groups in total. The molecule has 0 saturated carbocycles. The number of aliphatic hydroxyl groups is 1. The van der Waals surface area contributed by atoms with Crippen molar-refractivity contribution in [3.05, 3.63) is 87.4 Å². The lowest BCUT2D eigenvalue weighted by Gasteiger charge is -2.38. The summed E-state index contributed by atoms with van der Waals surface area (Å²) in [5.74, 6) is -0.413. The van der Waals surface area contributed by atoms with Crippen LogP contribution in [0.2, 0.25) is 10.0 Å². The van der Waals surface area contributed by atoms with Gasteiger partial charge in [0.2, 0.25) is 0 Å². The molecule has 3 aromatic rings. The van der Waals surface area contributed by atoms with E-state index >= 15 is 0 Å². The van der Waals surface area contributed by atoms with Crippen LogP contribution in [0.3, 0.4) is 0 Å². The Morgan fingerprint density at radius 2 is 1.82 bits per heavy atom. The number of benzene rings is 3. The number of carbonyl (C=O) groups excluding carboxylic acids is 2. The maximum Gasteiger partial charge on any atom is 0.416 e. The van der Waals surface area contributed by atoms with E-state index in [9.17, 15) is 27.9 Å². The van der Waals surface area contributed by atoms with Crippen LogP contribution < -0.4 is 15.4 Å². The molecule has 0 spiro atoms. The molecule has 3 aromatic carbocycles. The van der Waals surface area contributed by atoms with Gasteiger partial charge in [-0.15, -0.1) is 0 Å². The Balaban J connectivity index is 1.60. The summed E-state index contributed by atoms with van der Waals surface area (Å²) in [6, 6.07) is 12.9. The van der Waals surface area contributed by atoms with Gasteiger partial charge in [-0.1, -0.05) is 42.3 Å². The predicted octanol–water partition coefficient (Wildman–Crippen LogP) is 7.01. The van der Waals surface area contributed by atoms with Crippen molar-refractivity contribution in [1.29, 1.82) is 0 Å². The van der Waals surface area contributed by atoms with Gasteiger partial charge in [-0.25, -0.2) is 4.79 Å². The molecule has 4 rings (SSSR count). The number of nitrogens with one attached hydrogen (secondary N) is 2. The van der Waals surface area contributed by atoms with Gasteiger partial charge in [0.25, 0.3) is 5.91 Å². The van der Waals surface area contributed by atoms with Crippen molar-refractivity contribution >= 4 is 46.5 Å². The number of carbonyl (C=O) groups is 2. The summed E-state index contributed by atoms with van der Waals surface area (Å²) >= 11 is 12.3. The van der Waals surface area contributed by atoms with E-state index in [0.29, 0.717) is 29.7 Å². The highest BCUT2D eigenvalue weighted by Gasteiger charge is 2.35. The lowest BCUT2D eigenvalue weighted by molar-refractivity contribution is -0.137. The third kappa shape index (κ3) is 8.15. The number of aliphatic hydroxyl groups excluding tert-OH is 1. The number of para-hydroxylation sites is 1. The second-order valence-electron chi connectivity index (χ2n) is 10.9. The normalized spacial score (nSPS) is 17.8. The van der Waals surface area contributed by atoms with Crippen molar-refractivity contribution in [2.24, 2.45) is 5.92 Å². The van der Waals surface area contributed by atoms with E-state index in [1.165, 1.54) is 0 Å². The van der Waals surface area contributed by atoms with Crippen LogP contribution in [-0.2, 0) is 12.7 Å². The molecule has 0 fully saturated rings. The van der Waals surface area contributed by atoms with Crippen molar-refractivity contribution in [1.82, 2.24) is 9.80 Å². The standard InChI is InChI=1S/C31H33Cl2F3N4O4/c1-18-14-40(19(2)17-41)29(42)23-5-4-6-26(38-30(43)37-22-10-8-21(9-11-22)31(34,35)36)28(23)44-27(18)16-39(3)15-20-7-12-24(32)25(33)13-20/h4-13,18-19,27,41H,14-17H2,1-3H3,(H2,37,38,43)/t18-,19+,27+/m1/s1. The highest BCUT2D eigenvalue weighted by molar-refractivity contribution is 6.42. The molecule has 1 aliphatic rings. The van der Waals surface area contributed by atoms with E-state index in [0.717, 1.165) is 29.8 Å². The molecule has 0 saturated heterocycles. The maximum absolute atomic E-state index is 13.7. The average molecular weight is 654 g/mol. The van der Waals surface area contributed by atoms with Gasteiger partial charge in [-0.2, -0.15) is 13.2 Å². The molecule has 1 heterocycles. The molecule has 13 heteroatoms. The van der Waals surface area contributed by atoms with Crippen molar-refractivity contribution in [3.8, 4) is 5.75 Å². The van der Waals surface area contributed by atoms with Gasteiger partial charge in [-0.05, 0) is 68.1 Å². The maximum atomic E-state index is 13.7. The minimum Gasteiger partial charge on any atom is -0.486 e. The Morgan fingerprint density at radius 1 is 1.11 bits per heavy atom. The Labute approximate surface area is 263 Å². The molecule has 236 valence electrons. The number of fused-ring (bicyclic) bond motifs is 1. The minimum atomic E-state index is -4.50. The summed E-state index contributed by atoms with van der Waals surface area (Å²) in [4.78, 5) is 30.2. The van der Waals surface area contributed by atoms with E-state index in [-0.39, 0.29) is 41.1 Å². The van der Waals surface area contributed by atoms with Crippen LogP contribution in [0.5, 0.6) is 5.75 Å². The lowest BCUT2D eigenvalue weighted by atomic mass is 9.99. The topological polar surface area (TPSA) is 94.1 Å². The number of halogens is 5. The molecule has 44 heavy (non-hydrogen) atoms. The van der Waals surface area contributed by atoms with E-state index < -0.39 is 29.9 Å². The first kappa shape index (κ1) is 33.4. The molecule has 0 aliphatic carbocycles. The summed E-state index contributed by atoms with van der Waals surface area (Å²) in [6.07, 6.45) is -4.96. The van der Waals surface area contributed by atoms with Gasteiger partial charge in [-0.3, -0.25) is 9.69 Å². The van der Waals surface area contributed by atoms with Gasteiger partial charge in [0.15, 0.2) is 5.75 Å². The summed E-state index contributed by atoms with van der Waals surface area (Å²) in [6.45, 7) is 4.73. The zero-order valence-electron chi connectivity index (χ0n) is 24.3. The molecular weight excluding hydrogens is 620 g/mol. The SMILES string of the molecule is C[C@@H]1CN([C@@H](C)CO)C(=O)c2cccc(NC(=O)Nc3ccc(C(F)(F)F)cc3)c2O[C@H]1CN(C)Cc1ccc(Cl)c(Cl)c1. The van der Waals surface area contributed by atoms with Crippen molar-refractivity contribution in [3.63, 3.8) is 0 Å². The third-order valence-electron chi connectivity index (χ3n) is 7.34. The Morgan fingerprint density at radius 3 is 2.45 bits per heavy atom. The average Bonchev–Trinajstić information content (AvgIpc) is 2.96. The second kappa shape index (κ2) is 14.1. The van der Waals surface area contributed by atoms with Crippen molar-refractivity contribution < 1.29 is 32.6 Å². The molecule has 0 radical (unpaired) electrons. The number of rotatable bonds is 8. The number of anilines is 2. The first-order chi connectivity index (χ1) is 20.8. The zero-order valence-corrected chi connectivity index (χ0v) is 25.8. The first-order valence-electron chi connectivity index (χ1n) is 13.9. The number of likely N-dealkylation sites (N-methyl/N-ethyl adjacent to an activating group) is 1. The molecular formula is C31H33Cl2F3N4O4.